The second-order valence-electron chi connectivity index (χ2n) is 9.51. The van der Waals surface area contributed by atoms with E-state index in [0.29, 0.717) is 0 Å². The van der Waals surface area contributed by atoms with Gasteiger partial charge in [0.1, 0.15) is 0 Å². The number of carbonyl (C=O) groups excluding carboxylic acids is 2. The molecule has 0 bridgehead atoms. The molecular weight excluding hydrogens is 324 g/mol. The smallest absolute Gasteiger partial charge is 0.309 e. The molecule has 2 rings (SSSR count). The molecule has 1 atom stereocenters. The molecule has 4 nitrogen and oxygen atoms in total. The van der Waals surface area contributed by atoms with Crippen molar-refractivity contribution in [3.63, 3.8) is 0 Å². The average Bonchev–Trinajstić information content (AvgIpc) is 2.51. The summed E-state index contributed by atoms with van der Waals surface area (Å²) < 4.78 is 0. The maximum absolute atomic E-state index is 12.3. The van der Waals surface area contributed by atoms with Crippen LogP contribution < -0.4 is 10.6 Å². The Morgan fingerprint density at radius 1 is 1.00 bits per heavy atom. The van der Waals surface area contributed by atoms with Crippen molar-refractivity contribution in [3.05, 3.63) is 34.9 Å². The molecule has 0 saturated heterocycles. The van der Waals surface area contributed by atoms with Gasteiger partial charge < -0.3 is 10.6 Å². The van der Waals surface area contributed by atoms with E-state index in [1.165, 1.54) is 24.0 Å². The number of rotatable bonds is 4. The van der Waals surface area contributed by atoms with Gasteiger partial charge in [0.2, 0.25) is 0 Å². The third-order valence-electron chi connectivity index (χ3n) is 4.85. The lowest BCUT2D eigenvalue weighted by atomic mass is 9.82. The SMILES string of the molecule is CC(NC(=O)C(=O)NC(C)(C)CC(C)(C)C)c1ccc2c(c1)CCCC2. The lowest BCUT2D eigenvalue weighted by Crippen LogP contribution is -2.51. The molecule has 2 N–H and O–H groups in total. The van der Waals surface area contributed by atoms with E-state index in [2.05, 4.69) is 49.6 Å². The maximum Gasteiger partial charge on any atom is 0.309 e. The van der Waals surface area contributed by atoms with Crippen LogP contribution in [0.25, 0.3) is 0 Å². The van der Waals surface area contributed by atoms with Crippen LogP contribution in [0, 0.1) is 5.41 Å². The topological polar surface area (TPSA) is 58.2 Å². The van der Waals surface area contributed by atoms with E-state index in [1.807, 2.05) is 20.8 Å². The number of nitrogens with one attached hydrogen (secondary N) is 2. The second kappa shape index (κ2) is 7.81. The highest BCUT2D eigenvalue weighted by Crippen LogP contribution is 2.27. The lowest BCUT2D eigenvalue weighted by Gasteiger charge is -2.33. The van der Waals surface area contributed by atoms with Crippen molar-refractivity contribution < 1.29 is 9.59 Å². The van der Waals surface area contributed by atoms with Crippen molar-refractivity contribution >= 4 is 11.8 Å². The van der Waals surface area contributed by atoms with Crippen molar-refractivity contribution in [3.8, 4) is 0 Å². The third kappa shape index (κ3) is 5.86. The molecule has 0 saturated carbocycles. The second-order valence-corrected chi connectivity index (χ2v) is 9.51. The van der Waals surface area contributed by atoms with E-state index in [0.717, 1.165) is 24.8 Å². The van der Waals surface area contributed by atoms with Gasteiger partial charge in [0, 0.05) is 5.54 Å². The van der Waals surface area contributed by atoms with E-state index in [-0.39, 0.29) is 11.5 Å². The first kappa shape index (κ1) is 20.5. The van der Waals surface area contributed by atoms with Crippen LogP contribution in [-0.4, -0.2) is 17.4 Å². The zero-order valence-electron chi connectivity index (χ0n) is 17.2. The van der Waals surface area contributed by atoms with Crippen LogP contribution in [0.5, 0.6) is 0 Å². The Morgan fingerprint density at radius 2 is 1.62 bits per heavy atom. The molecule has 0 spiro atoms. The fourth-order valence-electron chi connectivity index (χ4n) is 4.10. The zero-order chi connectivity index (χ0) is 19.5. The molecule has 1 aliphatic carbocycles. The van der Waals surface area contributed by atoms with Gasteiger partial charge in [0.15, 0.2) is 0 Å². The van der Waals surface area contributed by atoms with Crippen LogP contribution >= 0.6 is 0 Å². The molecule has 26 heavy (non-hydrogen) atoms. The summed E-state index contributed by atoms with van der Waals surface area (Å²) >= 11 is 0. The number of benzene rings is 1. The molecule has 1 aromatic rings. The minimum Gasteiger partial charge on any atom is -0.343 e. The molecule has 1 aromatic carbocycles. The summed E-state index contributed by atoms with van der Waals surface area (Å²) in [4.78, 5) is 24.7. The van der Waals surface area contributed by atoms with Crippen LogP contribution in [0.1, 0.15) is 83.5 Å². The van der Waals surface area contributed by atoms with E-state index in [9.17, 15) is 9.59 Å². The molecule has 144 valence electrons. The Morgan fingerprint density at radius 3 is 2.23 bits per heavy atom. The van der Waals surface area contributed by atoms with E-state index in [1.54, 1.807) is 0 Å². The number of hydrogen-bond acceptors (Lipinski definition) is 2. The van der Waals surface area contributed by atoms with Crippen molar-refractivity contribution in [1.29, 1.82) is 0 Å². The highest BCUT2D eigenvalue weighted by atomic mass is 16.2. The summed E-state index contributed by atoms with van der Waals surface area (Å²) in [7, 11) is 0. The summed E-state index contributed by atoms with van der Waals surface area (Å²) in [6.45, 7) is 12.2. The summed E-state index contributed by atoms with van der Waals surface area (Å²) in [6, 6.07) is 6.22. The number of amides is 2. The van der Waals surface area contributed by atoms with Crippen molar-refractivity contribution in [2.45, 2.75) is 85.2 Å². The molecule has 0 radical (unpaired) electrons. The van der Waals surface area contributed by atoms with Gasteiger partial charge in [-0.1, -0.05) is 39.0 Å². The van der Waals surface area contributed by atoms with E-state index < -0.39 is 17.4 Å². The van der Waals surface area contributed by atoms with Crippen LogP contribution in [0.2, 0.25) is 0 Å². The fraction of sp³-hybridized carbons (Fsp3) is 0.636. The average molecular weight is 359 g/mol. The van der Waals surface area contributed by atoms with Crippen LogP contribution in [0.3, 0.4) is 0 Å². The van der Waals surface area contributed by atoms with Gasteiger partial charge in [-0.15, -0.1) is 0 Å². The number of aryl methyl sites for hydroxylation is 2. The van der Waals surface area contributed by atoms with Gasteiger partial charge in [-0.2, -0.15) is 0 Å². The molecule has 4 heteroatoms. The minimum absolute atomic E-state index is 0.0731. The maximum atomic E-state index is 12.3. The van der Waals surface area contributed by atoms with Gasteiger partial charge in [-0.25, -0.2) is 0 Å². The van der Waals surface area contributed by atoms with Gasteiger partial charge in [0.05, 0.1) is 6.04 Å². The summed E-state index contributed by atoms with van der Waals surface area (Å²) in [5.74, 6) is -1.14. The molecule has 2 amide bonds. The molecule has 1 unspecified atom stereocenters. The Kier molecular flexibility index (Phi) is 6.15. The molecule has 0 aromatic heterocycles. The van der Waals surface area contributed by atoms with Gasteiger partial charge in [-0.3, -0.25) is 9.59 Å². The Hall–Kier alpha value is -1.84. The first-order valence-corrected chi connectivity index (χ1v) is 9.72. The van der Waals surface area contributed by atoms with Crippen molar-refractivity contribution in [1.82, 2.24) is 10.6 Å². The van der Waals surface area contributed by atoms with Gasteiger partial charge in [-0.05, 0) is 75.0 Å². The molecule has 0 heterocycles. The molecule has 0 aliphatic heterocycles. The fourth-order valence-corrected chi connectivity index (χ4v) is 4.10. The van der Waals surface area contributed by atoms with Crippen LogP contribution in [0.4, 0.5) is 0 Å². The predicted octanol–water partition coefficient (Wildman–Crippen LogP) is 4.07. The number of hydrogen-bond donors (Lipinski definition) is 2. The minimum atomic E-state index is -0.572. The highest BCUT2D eigenvalue weighted by molar-refractivity contribution is 6.35. The van der Waals surface area contributed by atoms with E-state index >= 15 is 0 Å². The predicted molar refractivity (Wildman–Crippen MR) is 106 cm³/mol. The van der Waals surface area contributed by atoms with Gasteiger partial charge >= 0.3 is 11.8 Å². The first-order valence-electron chi connectivity index (χ1n) is 9.72. The van der Waals surface area contributed by atoms with Crippen molar-refractivity contribution in [2.24, 2.45) is 5.41 Å². The Labute approximate surface area is 158 Å². The monoisotopic (exact) mass is 358 g/mol. The van der Waals surface area contributed by atoms with Crippen LogP contribution in [-0.2, 0) is 22.4 Å². The quantitative estimate of drug-likeness (QED) is 0.797. The van der Waals surface area contributed by atoms with E-state index in [4.69, 9.17) is 0 Å². The summed E-state index contributed by atoms with van der Waals surface area (Å²) in [5.41, 5.74) is 3.50. The standard InChI is InChI=1S/C22H34N2O2/c1-15(17-12-11-16-9-7-8-10-18(16)13-17)23-19(25)20(26)24-22(5,6)14-21(2,3)4/h11-13,15H,7-10,14H2,1-6H3,(H,23,25)(H,24,26). The zero-order valence-corrected chi connectivity index (χ0v) is 17.2. The Balaban J connectivity index is 1.97. The lowest BCUT2D eigenvalue weighted by molar-refractivity contribution is -0.140. The Bertz CT molecular complexity index is 671. The first-order chi connectivity index (χ1) is 12.0. The highest BCUT2D eigenvalue weighted by Gasteiger charge is 2.29. The normalized spacial score (nSPS) is 15.8. The van der Waals surface area contributed by atoms with Crippen LogP contribution in [0.15, 0.2) is 18.2 Å². The summed E-state index contributed by atoms with van der Waals surface area (Å²) in [5, 5.41) is 5.71. The largest absolute Gasteiger partial charge is 0.343 e. The molecule has 1 aliphatic rings. The van der Waals surface area contributed by atoms with Crippen molar-refractivity contribution in [2.75, 3.05) is 0 Å². The van der Waals surface area contributed by atoms with Gasteiger partial charge in [0.25, 0.3) is 0 Å². The number of carbonyl (C=O) groups is 2. The molecular formula is C22H34N2O2. The molecule has 0 fully saturated rings. The third-order valence-corrected chi connectivity index (χ3v) is 4.85. The summed E-state index contributed by atoms with van der Waals surface area (Å²) in [6.07, 6.45) is 5.51. The number of fused-ring (bicyclic) bond motifs is 1.